The smallest absolute Gasteiger partial charge is 0.337 e. The van der Waals surface area contributed by atoms with Crippen molar-refractivity contribution in [2.45, 2.75) is 25.8 Å². The first-order valence-electron chi connectivity index (χ1n) is 5.24. The lowest BCUT2D eigenvalue weighted by molar-refractivity contribution is -0.139. The summed E-state index contributed by atoms with van der Waals surface area (Å²) in [5.74, 6) is -1.67. The zero-order valence-electron chi connectivity index (χ0n) is 9.04. The number of nitrogens with zero attached hydrogens (tertiary/aromatic N) is 3. The highest BCUT2D eigenvalue weighted by Gasteiger charge is 2.52. The van der Waals surface area contributed by atoms with Crippen LogP contribution in [0, 0.1) is 6.92 Å². The standard InChI is InChI=1S/C10H9N3O4/c1-5-4-7(17-11-5)13-9(15)8(14)12(10(13)16)6-2-3-6/h4,6H,2-3H2,1H3. The van der Waals surface area contributed by atoms with Gasteiger partial charge in [-0.15, -0.1) is 0 Å². The third kappa shape index (κ3) is 1.35. The molecule has 0 spiro atoms. The van der Waals surface area contributed by atoms with Crippen molar-refractivity contribution in [1.82, 2.24) is 10.1 Å². The van der Waals surface area contributed by atoms with Gasteiger partial charge < -0.3 is 4.52 Å². The second-order valence-corrected chi connectivity index (χ2v) is 4.14. The first-order chi connectivity index (χ1) is 8.09. The van der Waals surface area contributed by atoms with E-state index in [0.717, 1.165) is 22.6 Å². The van der Waals surface area contributed by atoms with Crippen LogP contribution in [-0.2, 0) is 9.59 Å². The van der Waals surface area contributed by atoms with E-state index >= 15 is 0 Å². The number of aromatic nitrogens is 1. The average molecular weight is 235 g/mol. The van der Waals surface area contributed by atoms with Gasteiger partial charge in [-0.05, 0) is 19.8 Å². The summed E-state index contributed by atoms with van der Waals surface area (Å²) in [6.07, 6.45) is 1.52. The van der Waals surface area contributed by atoms with E-state index in [1.54, 1.807) is 6.92 Å². The largest absolute Gasteiger partial charge is 0.341 e. The minimum atomic E-state index is -0.877. The first-order valence-corrected chi connectivity index (χ1v) is 5.24. The molecule has 1 saturated carbocycles. The van der Waals surface area contributed by atoms with E-state index < -0.39 is 17.8 Å². The molecule has 2 fully saturated rings. The summed E-state index contributed by atoms with van der Waals surface area (Å²) < 4.78 is 4.84. The SMILES string of the molecule is Cc1cc(N2C(=O)C(=O)N(C3CC3)C2=O)on1. The monoisotopic (exact) mass is 235 g/mol. The van der Waals surface area contributed by atoms with Gasteiger partial charge in [-0.25, -0.2) is 4.79 Å². The van der Waals surface area contributed by atoms with Crippen LogP contribution in [0.5, 0.6) is 0 Å². The summed E-state index contributed by atoms with van der Waals surface area (Å²) in [6.45, 7) is 1.67. The van der Waals surface area contributed by atoms with Gasteiger partial charge in [0.1, 0.15) is 0 Å². The molecule has 3 rings (SSSR count). The van der Waals surface area contributed by atoms with E-state index in [9.17, 15) is 14.4 Å². The van der Waals surface area contributed by atoms with Crippen LogP contribution in [0.1, 0.15) is 18.5 Å². The maximum atomic E-state index is 11.9. The molecular formula is C10H9N3O4. The van der Waals surface area contributed by atoms with Crippen molar-refractivity contribution in [3.63, 3.8) is 0 Å². The fourth-order valence-electron chi connectivity index (χ4n) is 1.78. The summed E-state index contributed by atoms with van der Waals surface area (Å²) in [7, 11) is 0. The van der Waals surface area contributed by atoms with Gasteiger partial charge in [-0.1, -0.05) is 5.16 Å². The molecule has 1 aromatic heterocycles. The number of urea groups is 1. The summed E-state index contributed by atoms with van der Waals surface area (Å²) in [5.41, 5.74) is 0.540. The Kier molecular flexibility index (Phi) is 1.86. The number of carbonyl (C=O) groups excluding carboxylic acids is 3. The maximum Gasteiger partial charge on any atom is 0.341 e. The summed E-state index contributed by atoms with van der Waals surface area (Å²) in [5, 5.41) is 3.59. The van der Waals surface area contributed by atoms with Gasteiger partial charge in [0.15, 0.2) is 0 Å². The Bertz CT molecular complexity index is 531. The van der Waals surface area contributed by atoms with Crippen molar-refractivity contribution in [3.05, 3.63) is 11.8 Å². The molecule has 1 saturated heterocycles. The Labute approximate surface area is 95.9 Å². The number of imide groups is 2. The molecule has 0 radical (unpaired) electrons. The molecule has 7 heteroatoms. The van der Waals surface area contributed by atoms with Crippen molar-refractivity contribution in [3.8, 4) is 0 Å². The molecular weight excluding hydrogens is 226 g/mol. The fourth-order valence-corrected chi connectivity index (χ4v) is 1.78. The second-order valence-electron chi connectivity index (χ2n) is 4.14. The predicted molar refractivity (Wildman–Crippen MR) is 54.0 cm³/mol. The van der Waals surface area contributed by atoms with Gasteiger partial charge in [0.2, 0.25) is 5.88 Å². The van der Waals surface area contributed by atoms with Crippen LogP contribution in [0.4, 0.5) is 10.7 Å². The Morgan fingerprint density at radius 2 is 2.00 bits per heavy atom. The second kappa shape index (κ2) is 3.16. The Morgan fingerprint density at radius 3 is 2.53 bits per heavy atom. The highest BCUT2D eigenvalue weighted by Crippen LogP contribution is 2.33. The number of amides is 4. The highest BCUT2D eigenvalue weighted by atomic mass is 16.5. The van der Waals surface area contributed by atoms with Crippen molar-refractivity contribution in [2.75, 3.05) is 4.90 Å². The maximum absolute atomic E-state index is 11.9. The van der Waals surface area contributed by atoms with E-state index in [1.807, 2.05) is 0 Å². The quantitative estimate of drug-likeness (QED) is 0.548. The topological polar surface area (TPSA) is 83.7 Å². The van der Waals surface area contributed by atoms with Crippen LogP contribution in [0.3, 0.4) is 0 Å². The molecule has 1 aromatic rings. The molecule has 2 aliphatic rings. The zero-order valence-corrected chi connectivity index (χ0v) is 9.04. The van der Waals surface area contributed by atoms with Crippen LogP contribution in [0.25, 0.3) is 0 Å². The minimum Gasteiger partial charge on any atom is -0.337 e. The molecule has 0 N–H and O–H groups in total. The Morgan fingerprint density at radius 1 is 1.29 bits per heavy atom. The van der Waals surface area contributed by atoms with Gasteiger partial charge in [0.05, 0.1) is 5.69 Å². The van der Waals surface area contributed by atoms with Crippen molar-refractivity contribution >= 4 is 23.7 Å². The third-order valence-corrected chi connectivity index (χ3v) is 2.75. The van der Waals surface area contributed by atoms with Crippen LogP contribution in [0.2, 0.25) is 0 Å². The lowest BCUT2D eigenvalue weighted by atomic mass is 10.4. The molecule has 0 bridgehead atoms. The average Bonchev–Trinajstić information content (AvgIpc) is 2.97. The van der Waals surface area contributed by atoms with Gasteiger partial charge in [0.25, 0.3) is 0 Å². The van der Waals surface area contributed by atoms with Gasteiger partial charge in [-0.2, -0.15) is 4.90 Å². The molecule has 1 aliphatic carbocycles. The number of rotatable bonds is 2. The van der Waals surface area contributed by atoms with Crippen LogP contribution in [-0.4, -0.2) is 33.9 Å². The van der Waals surface area contributed by atoms with Crippen molar-refractivity contribution in [2.24, 2.45) is 0 Å². The van der Waals surface area contributed by atoms with Crippen LogP contribution in [0.15, 0.2) is 10.6 Å². The van der Waals surface area contributed by atoms with Gasteiger partial charge >= 0.3 is 17.8 Å². The molecule has 88 valence electrons. The molecule has 0 unspecified atom stereocenters. The normalized spacial score (nSPS) is 20.6. The molecule has 4 amide bonds. The number of hydrogen-bond donors (Lipinski definition) is 0. The number of carbonyl (C=O) groups is 3. The Balaban J connectivity index is 1.98. The first kappa shape index (κ1) is 10.0. The van der Waals surface area contributed by atoms with E-state index in [-0.39, 0.29) is 11.9 Å². The summed E-state index contributed by atoms with van der Waals surface area (Å²) in [6, 6.07) is 0.672. The van der Waals surface area contributed by atoms with Gasteiger partial charge in [0, 0.05) is 12.1 Å². The molecule has 2 heterocycles. The predicted octanol–water partition coefficient (Wildman–Crippen LogP) is 0.441. The number of anilines is 1. The number of aryl methyl sites for hydroxylation is 1. The molecule has 0 aromatic carbocycles. The van der Waals surface area contributed by atoms with Crippen LogP contribution < -0.4 is 4.90 Å². The summed E-state index contributed by atoms with van der Waals surface area (Å²) in [4.78, 5) is 37.0. The van der Waals surface area contributed by atoms with Crippen molar-refractivity contribution < 1.29 is 18.9 Å². The van der Waals surface area contributed by atoms with Crippen molar-refractivity contribution in [1.29, 1.82) is 0 Å². The van der Waals surface area contributed by atoms with E-state index in [4.69, 9.17) is 4.52 Å². The van der Waals surface area contributed by atoms with E-state index in [1.165, 1.54) is 6.07 Å². The number of hydrogen-bond acceptors (Lipinski definition) is 5. The fraction of sp³-hybridized carbons (Fsp3) is 0.400. The lowest BCUT2D eigenvalue weighted by Gasteiger charge is -2.11. The highest BCUT2D eigenvalue weighted by molar-refractivity contribution is 6.52. The molecule has 7 nitrogen and oxygen atoms in total. The molecule has 0 atom stereocenters. The third-order valence-electron chi connectivity index (χ3n) is 2.75. The van der Waals surface area contributed by atoms with Gasteiger partial charge in [-0.3, -0.25) is 14.5 Å². The molecule has 17 heavy (non-hydrogen) atoms. The summed E-state index contributed by atoms with van der Waals surface area (Å²) >= 11 is 0. The Hall–Kier alpha value is -2.18. The van der Waals surface area contributed by atoms with E-state index in [0.29, 0.717) is 5.69 Å². The zero-order chi connectivity index (χ0) is 12.2. The van der Waals surface area contributed by atoms with Crippen LogP contribution >= 0.6 is 0 Å². The van der Waals surface area contributed by atoms with E-state index in [2.05, 4.69) is 5.16 Å². The molecule has 1 aliphatic heterocycles. The lowest BCUT2D eigenvalue weighted by Crippen LogP contribution is -2.34. The minimum absolute atomic E-state index is 0.00556.